The number of hydrogen-bond acceptors (Lipinski definition) is 10. The zero-order valence-corrected chi connectivity index (χ0v) is 20.9. The largest absolute Gasteiger partial charge is 0.462 e. The first-order valence-electron chi connectivity index (χ1n) is 10.6. The minimum absolute atomic E-state index is 0.345. The van der Waals surface area contributed by atoms with Crippen LogP contribution in [-0.4, -0.2) is 68.0 Å². The Morgan fingerprint density at radius 1 is 1.42 bits per heavy atom. The van der Waals surface area contributed by atoms with Crippen LogP contribution in [0.4, 0.5) is 0 Å². The number of rotatable bonds is 11. The van der Waals surface area contributed by atoms with E-state index in [-0.39, 0.29) is 6.10 Å². The number of hydrogen-bond donors (Lipinski definition) is 4. The Kier molecular flexibility index (Phi) is 9.51. The number of aliphatic hydroxyl groups is 2. The van der Waals surface area contributed by atoms with Crippen LogP contribution in [0.15, 0.2) is 21.9 Å². The molecule has 0 radical (unpaired) electrons. The van der Waals surface area contributed by atoms with Crippen LogP contribution in [-0.2, 0) is 23.4 Å². The molecular formula is C19H32N3O9PS. The first-order valence-corrected chi connectivity index (χ1v) is 13.8. The second kappa shape index (κ2) is 11.3. The molecule has 1 aliphatic heterocycles. The molecular weight excluding hydrogens is 477 g/mol. The number of aromatic amines is 1. The molecule has 0 spiro atoms. The lowest BCUT2D eigenvalue weighted by molar-refractivity contribution is -0.149. The van der Waals surface area contributed by atoms with Crippen LogP contribution in [0.25, 0.3) is 0 Å². The maximum atomic E-state index is 13.4. The van der Waals surface area contributed by atoms with Crippen molar-refractivity contribution < 1.29 is 33.6 Å². The highest BCUT2D eigenvalue weighted by atomic mass is 32.7. The van der Waals surface area contributed by atoms with Crippen LogP contribution < -0.4 is 16.3 Å². The SMILES string of the molecule is CCCSP(=O)(N[C@H](C)C(=O)OC(C)C)OC[C@H]1O[C@@H](n2ccc(=O)[nH]c2=O)[C@](C)(O)[C@@H]1O. The van der Waals surface area contributed by atoms with Crippen LogP contribution in [0.1, 0.15) is 47.3 Å². The number of carbonyl (C=O) groups is 1. The average Bonchev–Trinajstić information content (AvgIpc) is 2.94. The van der Waals surface area contributed by atoms with Gasteiger partial charge in [-0.15, -0.1) is 0 Å². The number of H-pyrrole nitrogens is 1. The summed E-state index contributed by atoms with van der Waals surface area (Å²) >= 11 is 0.994. The van der Waals surface area contributed by atoms with E-state index < -0.39 is 60.6 Å². The van der Waals surface area contributed by atoms with Crippen molar-refractivity contribution in [2.75, 3.05) is 12.4 Å². The van der Waals surface area contributed by atoms with Gasteiger partial charge in [0.15, 0.2) is 6.23 Å². The summed E-state index contributed by atoms with van der Waals surface area (Å²) in [6.45, 7) is 4.01. The quantitative estimate of drug-likeness (QED) is 0.245. The Morgan fingerprint density at radius 3 is 2.67 bits per heavy atom. The van der Waals surface area contributed by atoms with Crippen molar-refractivity contribution in [3.8, 4) is 0 Å². The fourth-order valence-corrected chi connectivity index (χ4v) is 7.05. The Balaban J connectivity index is 2.16. The fourth-order valence-electron chi connectivity index (χ4n) is 3.11. The minimum Gasteiger partial charge on any atom is -0.462 e. The second-order valence-corrected chi connectivity index (χ2v) is 12.6. The number of ether oxygens (including phenoxy) is 2. The predicted octanol–water partition coefficient (Wildman–Crippen LogP) is 0.744. The lowest BCUT2D eigenvalue weighted by atomic mass is 9.96. The summed E-state index contributed by atoms with van der Waals surface area (Å²) in [5, 5.41) is 24.1. The molecule has 0 aromatic carbocycles. The van der Waals surface area contributed by atoms with Crippen molar-refractivity contribution in [3.05, 3.63) is 33.1 Å². The van der Waals surface area contributed by atoms with E-state index in [1.165, 1.54) is 13.8 Å². The smallest absolute Gasteiger partial charge is 0.330 e. The van der Waals surface area contributed by atoms with Crippen molar-refractivity contribution >= 4 is 24.1 Å². The van der Waals surface area contributed by atoms with Gasteiger partial charge in [0.1, 0.15) is 23.9 Å². The lowest BCUT2D eigenvalue weighted by Gasteiger charge is -2.27. The van der Waals surface area contributed by atoms with E-state index in [1.54, 1.807) is 13.8 Å². The fraction of sp³-hybridized carbons (Fsp3) is 0.737. The maximum Gasteiger partial charge on any atom is 0.330 e. The van der Waals surface area contributed by atoms with Gasteiger partial charge in [0.2, 0.25) is 0 Å². The Bertz CT molecular complexity index is 980. The molecule has 1 aliphatic rings. The monoisotopic (exact) mass is 509 g/mol. The molecule has 1 fully saturated rings. The minimum atomic E-state index is -3.64. The maximum absolute atomic E-state index is 13.4. The third kappa shape index (κ3) is 7.01. The van der Waals surface area contributed by atoms with Crippen molar-refractivity contribution in [2.24, 2.45) is 0 Å². The van der Waals surface area contributed by atoms with Crippen LogP contribution >= 0.6 is 18.1 Å². The molecule has 12 nitrogen and oxygen atoms in total. The molecule has 2 rings (SSSR count). The zero-order valence-electron chi connectivity index (χ0n) is 19.2. The number of nitrogens with one attached hydrogen (secondary N) is 2. The molecule has 0 bridgehead atoms. The molecule has 1 saturated heterocycles. The highest BCUT2D eigenvalue weighted by molar-refractivity contribution is 8.56. The van der Waals surface area contributed by atoms with Gasteiger partial charge in [0.05, 0.1) is 12.7 Å². The Labute approximate surface area is 195 Å². The van der Waals surface area contributed by atoms with Crippen LogP contribution in [0.3, 0.4) is 0 Å². The van der Waals surface area contributed by atoms with E-state index in [1.807, 2.05) is 6.92 Å². The Morgan fingerprint density at radius 2 is 2.09 bits per heavy atom. The standard InChI is InChI=1S/C19H32N3O9PS/c1-6-9-33-32(28,21-12(4)16(25)30-11(2)3)29-10-13-15(24)19(5,27)17(31-13)22-8-7-14(23)20-18(22)26/h7-8,11-13,15,17,24,27H,6,9-10H2,1-5H3,(H,21,28)(H,20,23,26)/t12-,13-,15-,17-,19-,32?/m1/s1. The van der Waals surface area contributed by atoms with Crippen molar-refractivity contribution in [2.45, 2.75) is 77.2 Å². The highest BCUT2D eigenvalue weighted by Gasteiger charge is 2.54. The summed E-state index contributed by atoms with van der Waals surface area (Å²) in [6.07, 6.45) is -2.50. The lowest BCUT2D eigenvalue weighted by Crippen LogP contribution is -2.46. The van der Waals surface area contributed by atoms with Gasteiger partial charge in [-0.05, 0) is 34.1 Å². The van der Waals surface area contributed by atoms with E-state index >= 15 is 0 Å². The molecule has 6 atom stereocenters. The number of carbonyl (C=O) groups excluding carboxylic acids is 1. The van der Waals surface area contributed by atoms with E-state index in [9.17, 15) is 29.2 Å². The zero-order chi connectivity index (χ0) is 25.0. The normalized spacial score (nSPS) is 27.9. The molecule has 1 unspecified atom stereocenters. The molecule has 1 aromatic heterocycles. The van der Waals surface area contributed by atoms with Gasteiger partial charge in [-0.25, -0.2) is 9.88 Å². The van der Waals surface area contributed by atoms with Gasteiger partial charge >= 0.3 is 18.4 Å². The van der Waals surface area contributed by atoms with Crippen LogP contribution in [0.5, 0.6) is 0 Å². The molecule has 4 N–H and O–H groups in total. The summed E-state index contributed by atoms with van der Waals surface area (Å²) in [5.41, 5.74) is -3.37. The van der Waals surface area contributed by atoms with Crippen LogP contribution in [0, 0.1) is 0 Å². The molecule has 188 valence electrons. The van der Waals surface area contributed by atoms with E-state index in [2.05, 4.69) is 10.1 Å². The van der Waals surface area contributed by atoms with E-state index in [0.29, 0.717) is 12.2 Å². The highest BCUT2D eigenvalue weighted by Crippen LogP contribution is 2.57. The number of aromatic nitrogens is 2. The first-order chi connectivity index (χ1) is 15.3. The van der Waals surface area contributed by atoms with Crippen molar-refractivity contribution in [1.29, 1.82) is 0 Å². The summed E-state index contributed by atoms with van der Waals surface area (Å²) in [5.74, 6) is -0.124. The van der Waals surface area contributed by atoms with Gasteiger partial charge in [-0.2, -0.15) is 0 Å². The van der Waals surface area contributed by atoms with E-state index in [0.717, 1.165) is 28.2 Å². The molecule has 2 heterocycles. The first kappa shape index (κ1) is 27.8. The third-order valence-electron chi connectivity index (χ3n) is 4.79. The summed E-state index contributed by atoms with van der Waals surface area (Å²) in [6, 6.07) is 0.154. The topological polar surface area (TPSA) is 169 Å². The summed E-state index contributed by atoms with van der Waals surface area (Å²) < 4.78 is 30.7. The van der Waals surface area contributed by atoms with E-state index in [4.69, 9.17) is 14.0 Å². The van der Waals surface area contributed by atoms with Crippen molar-refractivity contribution in [3.63, 3.8) is 0 Å². The molecule has 0 aliphatic carbocycles. The van der Waals surface area contributed by atoms with Gasteiger partial charge in [-0.3, -0.25) is 23.7 Å². The third-order valence-corrected chi connectivity index (χ3v) is 9.11. The van der Waals surface area contributed by atoms with Crippen LogP contribution in [0.2, 0.25) is 0 Å². The van der Waals surface area contributed by atoms with Gasteiger partial charge < -0.3 is 24.2 Å². The van der Waals surface area contributed by atoms with Gasteiger partial charge in [-0.1, -0.05) is 18.3 Å². The summed E-state index contributed by atoms with van der Waals surface area (Å²) in [7, 11) is 0. The molecule has 1 aromatic rings. The number of aliphatic hydroxyl groups excluding tert-OH is 1. The van der Waals surface area contributed by atoms with Gasteiger partial charge in [0, 0.05) is 18.0 Å². The molecule has 33 heavy (non-hydrogen) atoms. The predicted molar refractivity (Wildman–Crippen MR) is 122 cm³/mol. The number of nitrogens with zero attached hydrogens (tertiary/aromatic N) is 1. The summed E-state index contributed by atoms with van der Waals surface area (Å²) in [4.78, 5) is 37.6. The Hall–Kier alpha value is -1.47. The van der Waals surface area contributed by atoms with Crippen molar-refractivity contribution in [1.82, 2.24) is 14.6 Å². The second-order valence-electron chi connectivity index (χ2n) is 8.18. The molecule has 0 saturated carbocycles. The number of esters is 1. The molecule has 14 heteroatoms. The van der Waals surface area contributed by atoms with Gasteiger partial charge in [0.25, 0.3) is 5.56 Å². The molecule has 0 amide bonds. The average molecular weight is 510 g/mol.